The van der Waals surface area contributed by atoms with Crippen molar-refractivity contribution in [2.24, 2.45) is 5.92 Å². The van der Waals surface area contributed by atoms with E-state index in [-0.39, 0.29) is 17.2 Å². The average Bonchev–Trinajstić information content (AvgIpc) is 2.86. The third-order valence-corrected chi connectivity index (χ3v) is 4.19. The highest BCUT2D eigenvalue weighted by molar-refractivity contribution is 6.37. The molecule has 27 heavy (non-hydrogen) atoms. The van der Waals surface area contributed by atoms with Gasteiger partial charge >= 0.3 is 0 Å². The van der Waals surface area contributed by atoms with Crippen molar-refractivity contribution in [1.82, 2.24) is 4.90 Å². The number of carbonyl (C=O) groups excluding carboxylic acids is 2. The first kappa shape index (κ1) is 18.6. The lowest BCUT2D eigenvalue weighted by Crippen LogP contribution is -2.35. The van der Waals surface area contributed by atoms with E-state index in [1.165, 1.54) is 30.2 Å². The van der Waals surface area contributed by atoms with Crippen LogP contribution in [0.15, 0.2) is 54.2 Å². The first-order valence-electron chi connectivity index (χ1n) is 8.68. The molecule has 0 fully saturated rings. The molecule has 2 aromatic carbocycles. The highest BCUT2D eigenvalue weighted by atomic mass is 19.1. The highest BCUT2D eigenvalue weighted by Gasteiger charge is 2.40. The van der Waals surface area contributed by atoms with Crippen LogP contribution in [0.25, 0.3) is 5.57 Å². The van der Waals surface area contributed by atoms with Crippen LogP contribution in [0.1, 0.15) is 19.4 Å². The fourth-order valence-corrected chi connectivity index (χ4v) is 3.03. The average molecular weight is 368 g/mol. The van der Waals surface area contributed by atoms with Crippen LogP contribution in [0.3, 0.4) is 0 Å². The number of benzene rings is 2. The van der Waals surface area contributed by atoms with Crippen LogP contribution in [-0.4, -0.2) is 30.4 Å². The van der Waals surface area contributed by atoms with Crippen molar-refractivity contribution in [2.75, 3.05) is 19.0 Å². The van der Waals surface area contributed by atoms with Crippen molar-refractivity contribution >= 4 is 23.1 Å². The second-order valence-corrected chi connectivity index (χ2v) is 6.70. The summed E-state index contributed by atoms with van der Waals surface area (Å²) in [7, 11) is 1.51. The van der Waals surface area contributed by atoms with E-state index in [2.05, 4.69) is 5.32 Å². The Morgan fingerprint density at radius 2 is 1.81 bits per heavy atom. The molecule has 0 aliphatic carbocycles. The Hall–Kier alpha value is -3.15. The maximum Gasteiger partial charge on any atom is 0.278 e. The summed E-state index contributed by atoms with van der Waals surface area (Å²) in [4.78, 5) is 27.3. The molecule has 1 N–H and O–H groups in total. The number of nitrogens with one attached hydrogen (secondary N) is 1. The zero-order valence-electron chi connectivity index (χ0n) is 15.5. The summed E-state index contributed by atoms with van der Waals surface area (Å²) < 4.78 is 18.9. The minimum absolute atomic E-state index is 0.116. The number of ether oxygens (including phenoxy) is 1. The summed E-state index contributed by atoms with van der Waals surface area (Å²) >= 11 is 0. The Kier molecular flexibility index (Phi) is 5.26. The largest absolute Gasteiger partial charge is 0.496 e. The summed E-state index contributed by atoms with van der Waals surface area (Å²) in [5.74, 6) is -0.657. The SMILES string of the molecule is COc1ccccc1C1=C(Nc2cccc(F)c2)C(=O)N(CC(C)C)C1=O. The number of para-hydroxylation sites is 1. The normalized spacial score (nSPS) is 14.3. The molecule has 0 aromatic heterocycles. The van der Waals surface area contributed by atoms with E-state index >= 15 is 0 Å². The van der Waals surface area contributed by atoms with Crippen LogP contribution in [0.5, 0.6) is 5.75 Å². The molecule has 1 aliphatic heterocycles. The third-order valence-electron chi connectivity index (χ3n) is 4.19. The minimum Gasteiger partial charge on any atom is -0.496 e. The number of nitrogens with zero attached hydrogens (tertiary/aromatic N) is 1. The summed E-state index contributed by atoms with van der Waals surface area (Å²) in [6.07, 6.45) is 0. The second kappa shape index (κ2) is 7.61. The molecule has 140 valence electrons. The third kappa shape index (κ3) is 3.69. The van der Waals surface area contributed by atoms with E-state index in [0.717, 1.165) is 0 Å². The second-order valence-electron chi connectivity index (χ2n) is 6.70. The Morgan fingerprint density at radius 1 is 1.07 bits per heavy atom. The van der Waals surface area contributed by atoms with E-state index in [0.29, 0.717) is 23.5 Å². The summed E-state index contributed by atoms with van der Waals surface area (Å²) in [5, 5.41) is 2.94. The van der Waals surface area contributed by atoms with Gasteiger partial charge in [0.1, 0.15) is 17.3 Å². The zero-order valence-corrected chi connectivity index (χ0v) is 15.5. The quantitative estimate of drug-likeness (QED) is 0.790. The van der Waals surface area contributed by atoms with Gasteiger partial charge in [0.25, 0.3) is 11.8 Å². The van der Waals surface area contributed by atoms with Crippen molar-refractivity contribution in [3.05, 3.63) is 65.6 Å². The number of imide groups is 1. The molecule has 0 saturated heterocycles. The van der Waals surface area contributed by atoms with E-state index in [1.54, 1.807) is 30.3 Å². The first-order valence-corrected chi connectivity index (χ1v) is 8.68. The van der Waals surface area contributed by atoms with Gasteiger partial charge < -0.3 is 10.1 Å². The van der Waals surface area contributed by atoms with Gasteiger partial charge in [-0.1, -0.05) is 38.1 Å². The Balaban J connectivity index is 2.12. The molecule has 1 aliphatic rings. The first-order chi connectivity index (χ1) is 12.9. The zero-order chi connectivity index (χ0) is 19.6. The van der Waals surface area contributed by atoms with Crippen molar-refractivity contribution in [1.29, 1.82) is 0 Å². The summed E-state index contributed by atoms with van der Waals surface area (Å²) in [5.41, 5.74) is 1.26. The molecule has 1 heterocycles. The van der Waals surface area contributed by atoms with Crippen LogP contribution < -0.4 is 10.1 Å². The number of hydrogen-bond donors (Lipinski definition) is 1. The molecule has 2 amide bonds. The van der Waals surface area contributed by atoms with Gasteiger partial charge in [0.2, 0.25) is 0 Å². The summed E-state index contributed by atoms with van der Waals surface area (Å²) in [6.45, 7) is 4.16. The molecule has 0 spiro atoms. The molecule has 0 atom stereocenters. The van der Waals surface area contributed by atoms with Crippen LogP contribution in [0.4, 0.5) is 10.1 Å². The van der Waals surface area contributed by atoms with Crippen molar-refractivity contribution in [3.63, 3.8) is 0 Å². The van der Waals surface area contributed by atoms with Crippen molar-refractivity contribution < 1.29 is 18.7 Å². The van der Waals surface area contributed by atoms with Gasteiger partial charge in [0.05, 0.1) is 12.7 Å². The lowest BCUT2D eigenvalue weighted by molar-refractivity contribution is -0.137. The van der Waals surface area contributed by atoms with Gasteiger partial charge in [0, 0.05) is 17.8 Å². The predicted molar refractivity (Wildman–Crippen MR) is 101 cm³/mol. The number of halogens is 1. The molecule has 0 bridgehead atoms. The number of methoxy groups -OCH3 is 1. The summed E-state index contributed by atoms with van der Waals surface area (Å²) in [6, 6.07) is 12.8. The molecule has 0 saturated carbocycles. The molecule has 5 nitrogen and oxygen atoms in total. The number of carbonyl (C=O) groups is 2. The van der Waals surface area contributed by atoms with Crippen LogP contribution >= 0.6 is 0 Å². The smallest absolute Gasteiger partial charge is 0.278 e. The fourth-order valence-electron chi connectivity index (χ4n) is 3.03. The molecule has 0 unspecified atom stereocenters. The number of amides is 2. The maximum absolute atomic E-state index is 13.6. The van der Waals surface area contributed by atoms with Crippen LogP contribution in [0, 0.1) is 11.7 Å². The minimum atomic E-state index is -0.435. The lowest BCUT2D eigenvalue weighted by Gasteiger charge is -2.17. The van der Waals surface area contributed by atoms with E-state index < -0.39 is 17.6 Å². The van der Waals surface area contributed by atoms with E-state index in [9.17, 15) is 14.0 Å². The predicted octanol–water partition coefficient (Wildman–Crippen LogP) is 3.68. The van der Waals surface area contributed by atoms with Gasteiger partial charge in [-0.15, -0.1) is 0 Å². The number of anilines is 1. The lowest BCUT2D eigenvalue weighted by atomic mass is 10.0. The molecule has 6 heteroatoms. The van der Waals surface area contributed by atoms with Gasteiger partial charge in [-0.3, -0.25) is 14.5 Å². The highest BCUT2D eigenvalue weighted by Crippen LogP contribution is 2.35. The molecule has 3 rings (SSSR count). The Morgan fingerprint density at radius 3 is 2.48 bits per heavy atom. The van der Waals surface area contributed by atoms with Gasteiger partial charge in [0.15, 0.2) is 0 Å². The Labute approximate surface area is 157 Å². The number of hydrogen-bond acceptors (Lipinski definition) is 4. The van der Waals surface area contributed by atoms with E-state index in [1.807, 2.05) is 13.8 Å². The number of rotatable bonds is 6. The van der Waals surface area contributed by atoms with Crippen LogP contribution in [0.2, 0.25) is 0 Å². The van der Waals surface area contributed by atoms with Crippen molar-refractivity contribution in [3.8, 4) is 5.75 Å². The molecular formula is C21H21FN2O3. The topological polar surface area (TPSA) is 58.6 Å². The molecular weight excluding hydrogens is 347 g/mol. The standard InChI is InChI=1S/C21H21FN2O3/c1-13(2)12-24-20(25)18(16-9-4-5-10-17(16)27-3)19(21(24)26)23-15-8-6-7-14(22)11-15/h4-11,13,23H,12H2,1-3H3. The maximum atomic E-state index is 13.6. The molecule has 2 aromatic rings. The Bertz CT molecular complexity index is 921. The van der Waals surface area contributed by atoms with Crippen molar-refractivity contribution in [2.45, 2.75) is 13.8 Å². The molecule has 0 radical (unpaired) electrons. The monoisotopic (exact) mass is 368 g/mol. The van der Waals surface area contributed by atoms with Gasteiger partial charge in [-0.2, -0.15) is 0 Å². The van der Waals surface area contributed by atoms with Gasteiger partial charge in [-0.05, 0) is 30.2 Å². The van der Waals surface area contributed by atoms with Crippen LogP contribution in [-0.2, 0) is 9.59 Å². The van der Waals surface area contributed by atoms with Gasteiger partial charge in [-0.25, -0.2) is 4.39 Å². The fraction of sp³-hybridized carbons (Fsp3) is 0.238. The van der Waals surface area contributed by atoms with E-state index in [4.69, 9.17) is 4.74 Å².